The summed E-state index contributed by atoms with van der Waals surface area (Å²) in [6.07, 6.45) is 4.92. The van der Waals surface area contributed by atoms with Gasteiger partial charge in [0.05, 0.1) is 19.0 Å². The summed E-state index contributed by atoms with van der Waals surface area (Å²) in [5, 5.41) is 14.3. The molecular weight excluding hydrogens is 284 g/mol. The van der Waals surface area contributed by atoms with Crippen molar-refractivity contribution in [1.29, 1.82) is 0 Å². The van der Waals surface area contributed by atoms with Crippen molar-refractivity contribution in [3.8, 4) is 5.75 Å². The molecule has 0 saturated carbocycles. The van der Waals surface area contributed by atoms with Crippen molar-refractivity contribution in [2.45, 2.75) is 25.3 Å². The zero-order valence-corrected chi connectivity index (χ0v) is 12.7. The lowest BCUT2D eigenvalue weighted by Crippen LogP contribution is -2.41. The van der Waals surface area contributed by atoms with Crippen LogP contribution in [-0.4, -0.2) is 28.5 Å². The van der Waals surface area contributed by atoms with Gasteiger partial charge in [0, 0.05) is 18.2 Å². The number of thiocarbonyl (C=S) groups is 1. The fourth-order valence-electron chi connectivity index (χ4n) is 2.62. The molecule has 1 aliphatic carbocycles. The number of fused-ring (bicyclic) bond motifs is 1. The Labute approximate surface area is 129 Å². The van der Waals surface area contributed by atoms with Crippen molar-refractivity contribution in [2.24, 2.45) is 0 Å². The van der Waals surface area contributed by atoms with E-state index in [2.05, 4.69) is 20.8 Å². The number of H-pyrrole nitrogens is 1. The summed E-state index contributed by atoms with van der Waals surface area (Å²) in [6, 6.07) is 8.06. The maximum atomic E-state index is 5.40. The van der Waals surface area contributed by atoms with E-state index >= 15 is 0 Å². The summed E-state index contributed by atoms with van der Waals surface area (Å²) in [5.41, 5.74) is 3.39. The quantitative estimate of drug-likeness (QED) is 0.759. The Morgan fingerprint density at radius 3 is 3.14 bits per heavy atom. The molecule has 1 aromatic carbocycles. The van der Waals surface area contributed by atoms with Crippen LogP contribution < -0.4 is 15.4 Å². The van der Waals surface area contributed by atoms with E-state index in [9.17, 15) is 0 Å². The Morgan fingerprint density at radius 1 is 1.43 bits per heavy atom. The van der Waals surface area contributed by atoms with Gasteiger partial charge in [-0.05, 0) is 42.8 Å². The molecule has 5 nitrogen and oxygen atoms in total. The van der Waals surface area contributed by atoms with E-state index in [0.717, 1.165) is 30.7 Å². The fourth-order valence-corrected chi connectivity index (χ4v) is 2.90. The van der Waals surface area contributed by atoms with Gasteiger partial charge in [-0.25, -0.2) is 0 Å². The molecule has 0 spiro atoms. The number of hydrogen-bond donors (Lipinski definition) is 3. The van der Waals surface area contributed by atoms with Crippen LogP contribution in [0.5, 0.6) is 5.75 Å². The second-order valence-corrected chi connectivity index (χ2v) is 5.52. The lowest BCUT2D eigenvalue weighted by Gasteiger charge is -2.24. The minimum Gasteiger partial charge on any atom is -0.495 e. The van der Waals surface area contributed by atoms with E-state index < -0.39 is 0 Å². The average Bonchev–Trinajstić information content (AvgIpc) is 2.95. The molecule has 1 heterocycles. The van der Waals surface area contributed by atoms with E-state index in [-0.39, 0.29) is 0 Å². The third kappa shape index (κ3) is 3.16. The van der Waals surface area contributed by atoms with Gasteiger partial charge in [0.15, 0.2) is 5.11 Å². The highest BCUT2D eigenvalue weighted by Gasteiger charge is 2.20. The third-order valence-electron chi connectivity index (χ3n) is 3.71. The van der Waals surface area contributed by atoms with Crippen LogP contribution in [0, 0.1) is 0 Å². The zero-order chi connectivity index (χ0) is 14.7. The van der Waals surface area contributed by atoms with Crippen molar-refractivity contribution in [3.05, 3.63) is 41.7 Å². The smallest absolute Gasteiger partial charge is 0.171 e. The second-order valence-electron chi connectivity index (χ2n) is 5.11. The number of anilines is 1. The fraction of sp³-hybridized carbons (Fsp3) is 0.333. The number of aromatic amines is 1. The number of aromatic nitrogens is 2. The molecule has 0 amide bonds. The molecular formula is C15H18N4OS. The monoisotopic (exact) mass is 302 g/mol. The lowest BCUT2D eigenvalue weighted by atomic mass is 9.94. The summed E-state index contributed by atoms with van der Waals surface area (Å²) in [6.45, 7) is 0. The van der Waals surface area contributed by atoms with Crippen LogP contribution in [0.3, 0.4) is 0 Å². The van der Waals surface area contributed by atoms with Gasteiger partial charge in [-0.15, -0.1) is 0 Å². The van der Waals surface area contributed by atoms with E-state index in [4.69, 9.17) is 17.0 Å². The first kappa shape index (κ1) is 13.9. The summed E-state index contributed by atoms with van der Waals surface area (Å²) in [5.74, 6) is 0.779. The number of rotatable bonds is 3. The van der Waals surface area contributed by atoms with Crippen LogP contribution in [0.2, 0.25) is 0 Å². The molecule has 110 valence electrons. The molecule has 1 atom stereocenters. The van der Waals surface area contributed by atoms with Crippen molar-refractivity contribution in [1.82, 2.24) is 15.5 Å². The number of aryl methyl sites for hydroxylation is 1. The Bertz CT molecular complexity index is 640. The van der Waals surface area contributed by atoms with Gasteiger partial charge in [-0.1, -0.05) is 12.1 Å². The molecule has 1 aromatic heterocycles. The van der Waals surface area contributed by atoms with Crippen LogP contribution in [-0.2, 0) is 12.8 Å². The van der Waals surface area contributed by atoms with Crippen LogP contribution >= 0.6 is 12.2 Å². The van der Waals surface area contributed by atoms with Gasteiger partial charge in [0.2, 0.25) is 0 Å². The molecule has 6 heteroatoms. The third-order valence-corrected chi connectivity index (χ3v) is 3.93. The highest BCUT2D eigenvalue weighted by Crippen LogP contribution is 2.23. The van der Waals surface area contributed by atoms with Gasteiger partial charge in [-0.3, -0.25) is 5.10 Å². The molecule has 0 aliphatic heterocycles. The normalized spacial score (nSPS) is 16.9. The van der Waals surface area contributed by atoms with Crippen LogP contribution in [0.1, 0.15) is 17.7 Å². The number of para-hydroxylation sites is 2. The summed E-state index contributed by atoms with van der Waals surface area (Å²) < 4.78 is 5.31. The zero-order valence-electron chi connectivity index (χ0n) is 11.8. The van der Waals surface area contributed by atoms with Gasteiger partial charge in [0.25, 0.3) is 0 Å². The SMILES string of the molecule is COc1ccccc1NC(=S)NC1CCc2cn[nH]c2C1. The van der Waals surface area contributed by atoms with Crippen LogP contribution in [0.15, 0.2) is 30.5 Å². The molecule has 1 unspecified atom stereocenters. The Morgan fingerprint density at radius 2 is 2.29 bits per heavy atom. The number of benzene rings is 1. The van der Waals surface area contributed by atoms with Crippen LogP contribution in [0.4, 0.5) is 5.69 Å². The van der Waals surface area contributed by atoms with Gasteiger partial charge >= 0.3 is 0 Å². The maximum absolute atomic E-state index is 5.40. The first-order valence-electron chi connectivity index (χ1n) is 6.98. The number of ether oxygens (including phenoxy) is 1. The van der Waals surface area contributed by atoms with Crippen molar-refractivity contribution < 1.29 is 4.74 Å². The van der Waals surface area contributed by atoms with Crippen LogP contribution in [0.25, 0.3) is 0 Å². The predicted molar refractivity (Wildman–Crippen MR) is 86.8 cm³/mol. The first-order valence-corrected chi connectivity index (χ1v) is 7.38. The summed E-state index contributed by atoms with van der Waals surface area (Å²) in [4.78, 5) is 0. The van der Waals surface area contributed by atoms with Crippen molar-refractivity contribution >= 4 is 23.0 Å². The highest BCUT2D eigenvalue weighted by molar-refractivity contribution is 7.80. The van der Waals surface area contributed by atoms with E-state index in [1.165, 1.54) is 11.3 Å². The Balaban J connectivity index is 1.60. The minimum absolute atomic E-state index is 0.327. The molecule has 1 aliphatic rings. The van der Waals surface area contributed by atoms with Gasteiger partial charge in [0.1, 0.15) is 5.75 Å². The Hall–Kier alpha value is -2.08. The highest BCUT2D eigenvalue weighted by atomic mass is 32.1. The van der Waals surface area contributed by atoms with Crippen molar-refractivity contribution in [3.63, 3.8) is 0 Å². The van der Waals surface area contributed by atoms with E-state index in [0.29, 0.717) is 11.2 Å². The number of nitrogens with one attached hydrogen (secondary N) is 3. The molecule has 0 saturated heterocycles. The van der Waals surface area contributed by atoms with Gasteiger partial charge < -0.3 is 15.4 Å². The number of methoxy groups -OCH3 is 1. The molecule has 0 bridgehead atoms. The lowest BCUT2D eigenvalue weighted by molar-refractivity contribution is 0.417. The number of nitrogens with zero attached hydrogens (tertiary/aromatic N) is 1. The maximum Gasteiger partial charge on any atom is 0.171 e. The topological polar surface area (TPSA) is 62.0 Å². The van der Waals surface area contributed by atoms with Gasteiger partial charge in [-0.2, -0.15) is 5.10 Å². The summed E-state index contributed by atoms with van der Waals surface area (Å²) >= 11 is 5.40. The second kappa shape index (κ2) is 6.13. The predicted octanol–water partition coefficient (Wildman–Crippen LogP) is 2.26. The molecule has 3 N–H and O–H groups in total. The molecule has 21 heavy (non-hydrogen) atoms. The molecule has 3 rings (SSSR count). The molecule has 0 fully saturated rings. The number of hydrogen-bond acceptors (Lipinski definition) is 3. The Kier molecular flexibility index (Phi) is 4.06. The average molecular weight is 302 g/mol. The standard InChI is InChI=1S/C15H18N4OS/c1-20-14-5-3-2-4-12(14)18-15(21)17-11-7-6-10-9-16-19-13(10)8-11/h2-5,9,11H,6-8H2,1H3,(H,16,19)(H2,17,18,21). The van der Waals surface area contributed by atoms with Crippen molar-refractivity contribution in [2.75, 3.05) is 12.4 Å². The summed E-state index contributed by atoms with van der Waals surface area (Å²) in [7, 11) is 1.65. The minimum atomic E-state index is 0.327. The molecule has 0 radical (unpaired) electrons. The van der Waals surface area contributed by atoms with E-state index in [1.54, 1.807) is 7.11 Å². The molecule has 2 aromatic rings. The first-order chi connectivity index (χ1) is 10.3. The largest absolute Gasteiger partial charge is 0.495 e. The van der Waals surface area contributed by atoms with E-state index in [1.807, 2.05) is 30.5 Å².